The Morgan fingerprint density at radius 3 is 2.50 bits per heavy atom. The van der Waals surface area contributed by atoms with Crippen LogP contribution >= 0.6 is 11.6 Å². The van der Waals surface area contributed by atoms with E-state index in [1.54, 1.807) is 0 Å². The van der Waals surface area contributed by atoms with Gasteiger partial charge in [0.25, 0.3) is 0 Å². The summed E-state index contributed by atoms with van der Waals surface area (Å²) in [5.41, 5.74) is 3.83. The summed E-state index contributed by atoms with van der Waals surface area (Å²) in [5, 5.41) is 0.704. The highest BCUT2D eigenvalue weighted by atomic mass is 35.5. The molecule has 16 heavy (non-hydrogen) atoms. The van der Waals surface area contributed by atoms with Crippen molar-refractivity contribution >= 4 is 11.6 Å². The van der Waals surface area contributed by atoms with Crippen LogP contribution in [0, 0.1) is 11.8 Å². The van der Waals surface area contributed by atoms with Gasteiger partial charge in [0.1, 0.15) is 5.15 Å². The van der Waals surface area contributed by atoms with Gasteiger partial charge in [-0.05, 0) is 41.7 Å². The standard InChI is InChI=1S/C14H20ClN/c1-8(2)12-7-11-5-9(3)10(4)6-13(11)16-14(12)15/h7-10H,5-6H2,1-4H3. The summed E-state index contributed by atoms with van der Waals surface area (Å²) in [5.74, 6) is 1.94. The number of fused-ring (bicyclic) bond motifs is 1. The monoisotopic (exact) mass is 237 g/mol. The predicted octanol–water partition coefficient (Wildman–Crippen LogP) is 4.23. The van der Waals surface area contributed by atoms with Crippen LogP contribution in [-0.2, 0) is 12.8 Å². The van der Waals surface area contributed by atoms with Crippen LogP contribution in [0.15, 0.2) is 6.07 Å². The Morgan fingerprint density at radius 2 is 1.88 bits per heavy atom. The molecule has 0 saturated heterocycles. The molecule has 2 heteroatoms. The summed E-state index contributed by atoms with van der Waals surface area (Å²) < 4.78 is 0. The molecule has 0 radical (unpaired) electrons. The minimum Gasteiger partial charge on any atom is -0.241 e. The third kappa shape index (κ3) is 2.10. The fourth-order valence-electron chi connectivity index (χ4n) is 2.40. The minimum absolute atomic E-state index is 0.458. The highest BCUT2D eigenvalue weighted by Crippen LogP contribution is 2.33. The average molecular weight is 238 g/mol. The van der Waals surface area contributed by atoms with Crippen molar-refractivity contribution < 1.29 is 0 Å². The van der Waals surface area contributed by atoms with Gasteiger partial charge in [0.2, 0.25) is 0 Å². The predicted molar refractivity (Wildman–Crippen MR) is 69.1 cm³/mol. The molecule has 1 nitrogen and oxygen atoms in total. The van der Waals surface area contributed by atoms with E-state index < -0.39 is 0 Å². The van der Waals surface area contributed by atoms with Crippen LogP contribution in [-0.4, -0.2) is 4.98 Å². The zero-order valence-electron chi connectivity index (χ0n) is 10.5. The van der Waals surface area contributed by atoms with Crippen molar-refractivity contribution in [3.8, 4) is 0 Å². The van der Waals surface area contributed by atoms with E-state index in [1.807, 2.05) is 0 Å². The molecule has 0 aliphatic heterocycles. The molecule has 1 aromatic heterocycles. The lowest BCUT2D eigenvalue weighted by atomic mass is 9.79. The summed E-state index contributed by atoms with van der Waals surface area (Å²) in [6, 6.07) is 2.28. The number of hydrogen-bond acceptors (Lipinski definition) is 1. The third-order valence-corrected chi connectivity index (χ3v) is 4.13. The first kappa shape index (κ1) is 11.9. The molecule has 2 rings (SSSR count). The first-order valence-corrected chi connectivity index (χ1v) is 6.55. The molecule has 1 aliphatic rings. The van der Waals surface area contributed by atoms with Crippen LogP contribution in [0.3, 0.4) is 0 Å². The Bertz CT molecular complexity index is 398. The topological polar surface area (TPSA) is 12.9 Å². The summed E-state index contributed by atoms with van der Waals surface area (Å²) >= 11 is 6.23. The molecule has 0 saturated carbocycles. The Hall–Kier alpha value is -0.560. The van der Waals surface area contributed by atoms with Crippen molar-refractivity contribution in [2.75, 3.05) is 0 Å². The molecule has 0 N–H and O–H groups in total. The van der Waals surface area contributed by atoms with Gasteiger partial charge in [0, 0.05) is 5.69 Å². The van der Waals surface area contributed by atoms with Crippen molar-refractivity contribution in [2.24, 2.45) is 11.8 Å². The minimum atomic E-state index is 0.458. The van der Waals surface area contributed by atoms with E-state index in [4.69, 9.17) is 11.6 Å². The first-order chi connectivity index (χ1) is 7.49. The zero-order valence-corrected chi connectivity index (χ0v) is 11.3. The van der Waals surface area contributed by atoms with Gasteiger partial charge >= 0.3 is 0 Å². The Balaban J connectivity index is 2.43. The van der Waals surface area contributed by atoms with Crippen molar-refractivity contribution in [3.63, 3.8) is 0 Å². The molecule has 0 bridgehead atoms. The van der Waals surface area contributed by atoms with Gasteiger partial charge < -0.3 is 0 Å². The molecule has 2 atom stereocenters. The normalized spacial score (nSPS) is 24.6. The fraction of sp³-hybridized carbons (Fsp3) is 0.643. The molecule has 0 aromatic carbocycles. The lowest BCUT2D eigenvalue weighted by Crippen LogP contribution is -2.22. The van der Waals surface area contributed by atoms with Crippen LogP contribution in [0.2, 0.25) is 5.15 Å². The van der Waals surface area contributed by atoms with Crippen molar-refractivity contribution in [1.82, 2.24) is 4.98 Å². The molecule has 0 spiro atoms. The SMILES string of the molecule is CC(C)c1cc2c(nc1Cl)CC(C)C(C)C2. The van der Waals surface area contributed by atoms with Gasteiger partial charge in [-0.1, -0.05) is 45.4 Å². The van der Waals surface area contributed by atoms with Crippen LogP contribution < -0.4 is 0 Å². The molecule has 1 aliphatic carbocycles. The van der Waals surface area contributed by atoms with E-state index in [0.717, 1.165) is 24.7 Å². The smallest absolute Gasteiger partial charge is 0.132 e. The molecular weight excluding hydrogens is 218 g/mol. The average Bonchev–Trinajstić information content (AvgIpc) is 2.19. The van der Waals surface area contributed by atoms with E-state index in [-0.39, 0.29) is 0 Å². The highest BCUT2D eigenvalue weighted by molar-refractivity contribution is 6.30. The maximum Gasteiger partial charge on any atom is 0.132 e. The first-order valence-electron chi connectivity index (χ1n) is 6.17. The van der Waals surface area contributed by atoms with E-state index in [2.05, 4.69) is 38.7 Å². The second-order valence-corrected chi connectivity index (χ2v) is 5.85. The molecule has 1 heterocycles. The molecule has 1 aromatic rings. The fourth-order valence-corrected chi connectivity index (χ4v) is 2.77. The summed E-state index contributed by atoms with van der Waals surface area (Å²) in [6.45, 7) is 8.98. The molecule has 0 fully saturated rings. The second kappa shape index (κ2) is 4.37. The summed E-state index contributed by atoms with van der Waals surface area (Å²) in [4.78, 5) is 4.59. The van der Waals surface area contributed by atoms with Gasteiger partial charge in [0.15, 0.2) is 0 Å². The highest BCUT2D eigenvalue weighted by Gasteiger charge is 2.24. The van der Waals surface area contributed by atoms with Gasteiger partial charge in [-0.25, -0.2) is 4.98 Å². The molecule has 2 unspecified atom stereocenters. The zero-order chi connectivity index (χ0) is 11.9. The summed E-state index contributed by atoms with van der Waals surface area (Å²) in [7, 11) is 0. The van der Waals surface area contributed by atoms with E-state index >= 15 is 0 Å². The van der Waals surface area contributed by atoms with E-state index in [0.29, 0.717) is 11.1 Å². The second-order valence-electron chi connectivity index (χ2n) is 5.49. The van der Waals surface area contributed by atoms with Crippen molar-refractivity contribution in [2.45, 2.75) is 46.5 Å². The maximum atomic E-state index is 6.23. The molecule has 0 amide bonds. The van der Waals surface area contributed by atoms with Crippen LogP contribution in [0.5, 0.6) is 0 Å². The van der Waals surface area contributed by atoms with Crippen LogP contribution in [0.4, 0.5) is 0 Å². The quantitative estimate of drug-likeness (QED) is 0.667. The van der Waals surface area contributed by atoms with Crippen LogP contribution in [0.25, 0.3) is 0 Å². The van der Waals surface area contributed by atoms with Crippen molar-refractivity contribution in [1.29, 1.82) is 0 Å². The van der Waals surface area contributed by atoms with Gasteiger partial charge in [-0.2, -0.15) is 0 Å². The molecular formula is C14H20ClN. The van der Waals surface area contributed by atoms with Crippen LogP contribution in [0.1, 0.15) is 50.4 Å². The molecule has 88 valence electrons. The van der Waals surface area contributed by atoms with Gasteiger partial charge in [-0.3, -0.25) is 0 Å². The van der Waals surface area contributed by atoms with Gasteiger partial charge in [-0.15, -0.1) is 0 Å². The number of pyridine rings is 1. The van der Waals surface area contributed by atoms with E-state index in [1.165, 1.54) is 16.8 Å². The van der Waals surface area contributed by atoms with Crippen molar-refractivity contribution in [3.05, 3.63) is 28.0 Å². The Labute approximate surface area is 103 Å². The number of nitrogens with zero attached hydrogens (tertiary/aromatic N) is 1. The van der Waals surface area contributed by atoms with E-state index in [9.17, 15) is 0 Å². The Kier molecular flexibility index (Phi) is 3.25. The lowest BCUT2D eigenvalue weighted by molar-refractivity contribution is 0.356. The lowest BCUT2D eigenvalue weighted by Gasteiger charge is -2.28. The number of rotatable bonds is 1. The Morgan fingerprint density at radius 1 is 1.25 bits per heavy atom. The summed E-state index contributed by atoms with van der Waals surface area (Å²) in [6.07, 6.45) is 2.23. The number of hydrogen-bond donors (Lipinski definition) is 0. The van der Waals surface area contributed by atoms with Gasteiger partial charge in [0.05, 0.1) is 0 Å². The largest absolute Gasteiger partial charge is 0.241 e. The number of halogens is 1. The number of aromatic nitrogens is 1. The maximum absolute atomic E-state index is 6.23. The third-order valence-electron chi connectivity index (χ3n) is 3.82.